The number of nitrogens with two attached hydrogens (primary N) is 1. The van der Waals surface area contributed by atoms with Crippen molar-refractivity contribution in [3.05, 3.63) is 80.6 Å². The number of fused-ring (bicyclic) bond motifs is 1. The molecule has 1 aliphatic heterocycles. The zero-order valence-electron chi connectivity index (χ0n) is 16.5. The van der Waals surface area contributed by atoms with E-state index in [-0.39, 0.29) is 21.9 Å². The Balaban J connectivity index is 1.59. The first-order valence-corrected chi connectivity index (χ1v) is 9.92. The average molecular weight is 406 g/mol. The summed E-state index contributed by atoms with van der Waals surface area (Å²) in [5, 5.41) is 3.11. The van der Waals surface area contributed by atoms with Crippen molar-refractivity contribution in [2.24, 2.45) is 0 Å². The van der Waals surface area contributed by atoms with E-state index in [2.05, 4.69) is 33.5 Å². The monoisotopic (exact) mass is 405 g/mol. The molecule has 0 unspecified atom stereocenters. The Morgan fingerprint density at radius 3 is 2.55 bits per heavy atom. The van der Waals surface area contributed by atoms with Crippen LogP contribution in [0.5, 0.6) is 0 Å². The van der Waals surface area contributed by atoms with Gasteiger partial charge in [-0.2, -0.15) is 4.98 Å². The zero-order valence-corrected chi connectivity index (χ0v) is 17.3. The molecule has 3 aromatic rings. The van der Waals surface area contributed by atoms with E-state index < -0.39 is 0 Å². The molecule has 0 radical (unpaired) electrons. The highest BCUT2D eigenvalue weighted by atomic mass is 32.1. The number of hydrogen-bond donors (Lipinski definition) is 3. The van der Waals surface area contributed by atoms with Crippen molar-refractivity contribution in [2.75, 3.05) is 22.5 Å². The third-order valence-electron chi connectivity index (χ3n) is 5.07. The van der Waals surface area contributed by atoms with Crippen LogP contribution in [0, 0.1) is 13.8 Å². The predicted molar refractivity (Wildman–Crippen MR) is 122 cm³/mol. The molecule has 6 nitrogen and oxygen atoms in total. The van der Waals surface area contributed by atoms with Crippen molar-refractivity contribution in [1.29, 1.82) is 0 Å². The summed E-state index contributed by atoms with van der Waals surface area (Å²) in [5.41, 5.74) is 11.6. The SMILES string of the molecule is Cc1cc(C)cc(NC(=S)c2c(N)nc(N3CCc4ccccc4C3)[nH]c2=O)c1. The van der Waals surface area contributed by atoms with Crippen LogP contribution in [-0.4, -0.2) is 21.5 Å². The number of aromatic amines is 1. The number of nitrogen functional groups attached to an aromatic ring is 1. The predicted octanol–water partition coefficient (Wildman–Crippen LogP) is 3.32. The molecule has 29 heavy (non-hydrogen) atoms. The van der Waals surface area contributed by atoms with Crippen molar-refractivity contribution in [2.45, 2.75) is 26.8 Å². The molecule has 1 aliphatic rings. The lowest BCUT2D eigenvalue weighted by molar-refractivity contribution is 0.706. The fraction of sp³-hybridized carbons (Fsp3) is 0.227. The standard InChI is InChI=1S/C22H23N5OS/c1-13-9-14(2)11-17(10-13)24-21(29)18-19(23)25-22(26-20(18)28)27-8-7-15-5-3-4-6-16(15)12-27/h3-6,9-11H,7-8,12H2,1-2H3,(H,24,29)(H3,23,25,26,28). The molecule has 148 valence electrons. The van der Waals surface area contributed by atoms with Gasteiger partial charge >= 0.3 is 0 Å². The van der Waals surface area contributed by atoms with Gasteiger partial charge in [-0.1, -0.05) is 42.5 Å². The van der Waals surface area contributed by atoms with Crippen LogP contribution < -0.4 is 21.5 Å². The van der Waals surface area contributed by atoms with Crippen molar-refractivity contribution in [1.82, 2.24) is 9.97 Å². The smallest absolute Gasteiger partial charge is 0.264 e. The fourth-order valence-electron chi connectivity index (χ4n) is 3.76. The number of nitrogens with zero attached hydrogens (tertiary/aromatic N) is 2. The molecule has 0 fully saturated rings. The van der Waals surface area contributed by atoms with Gasteiger partial charge in [0.05, 0.1) is 0 Å². The quantitative estimate of drug-likeness (QED) is 0.580. The summed E-state index contributed by atoms with van der Waals surface area (Å²) in [6.45, 7) is 5.47. The summed E-state index contributed by atoms with van der Waals surface area (Å²) in [7, 11) is 0. The second-order valence-corrected chi connectivity index (χ2v) is 7.83. The number of rotatable bonds is 3. The Kier molecular flexibility index (Phi) is 5.07. The summed E-state index contributed by atoms with van der Waals surface area (Å²) in [6, 6.07) is 14.3. The largest absolute Gasteiger partial charge is 0.383 e. The number of aryl methyl sites for hydroxylation is 2. The molecule has 7 heteroatoms. The first kappa shape index (κ1) is 19.1. The maximum Gasteiger partial charge on any atom is 0.264 e. The van der Waals surface area contributed by atoms with Crippen LogP contribution in [0.2, 0.25) is 0 Å². The molecule has 2 aromatic carbocycles. The summed E-state index contributed by atoms with van der Waals surface area (Å²) in [6.07, 6.45) is 0.897. The van der Waals surface area contributed by atoms with Crippen LogP contribution in [0.15, 0.2) is 47.3 Å². The minimum Gasteiger partial charge on any atom is -0.383 e. The van der Waals surface area contributed by atoms with Crippen molar-refractivity contribution in [3.63, 3.8) is 0 Å². The molecule has 0 atom stereocenters. The van der Waals surface area contributed by atoms with Gasteiger partial charge in [-0.15, -0.1) is 0 Å². The number of H-pyrrole nitrogens is 1. The highest BCUT2D eigenvalue weighted by molar-refractivity contribution is 7.81. The van der Waals surface area contributed by atoms with Gasteiger partial charge in [-0.3, -0.25) is 9.78 Å². The number of thiocarbonyl (C=S) groups is 1. The molecule has 0 saturated carbocycles. The van der Waals surface area contributed by atoms with Crippen LogP contribution in [0.3, 0.4) is 0 Å². The van der Waals surface area contributed by atoms with Gasteiger partial charge < -0.3 is 16.0 Å². The van der Waals surface area contributed by atoms with Gasteiger partial charge in [0.2, 0.25) is 5.95 Å². The number of nitrogens with one attached hydrogen (secondary N) is 2. The average Bonchev–Trinajstić information content (AvgIpc) is 2.66. The van der Waals surface area contributed by atoms with Crippen molar-refractivity contribution < 1.29 is 0 Å². The van der Waals surface area contributed by atoms with E-state index in [0.717, 1.165) is 29.8 Å². The molecule has 2 heterocycles. The van der Waals surface area contributed by atoms with Crippen LogP contribution in [0.25, 0.3) is 0 Å². The van der Waals surface area contributed by atoms with Gasteiger partial charge in [0.15, 0.2) is 0 Å². The Bertz CT molecular complexity index is 1130. The summed E-state index contributed by atoms with van der Waals surface area (Å²) in [5.74, 6) is 0.601. The van der Waals surface area contributed by atoms with Gasteiger partial charge in [0, 0.05) is 18.8 Å². The third-order valence-corrected chi connectivity index (χ3v) is 5.38. The highest BCUT2D eigenvalue weighted by Gasteiger charge is 2.21. The normalized spacial score (nSPS) is 13.1. The molecule has 0 bridgehead atoms. The van der Waals surface area contributed by atoms with E-state index in [0.29, 0.717) is 12.5 Å². The zero-order chi connectivity index (χ0) is 20.5. The molecule has 0 amide bonds. The van der Waals surface area contributed by atoms with Gasteiger partial charge in [-0.25, -0.2) is 0 Å². The van der Waals surface area contributed by atoms with E-state index in [1.54, 1.807) is 0 Å². The van der Waals surface area contributed by atoms with Crippen molar-refractivity contribution in [3.8, 4) is 0 Å². The number of hydrogen-bond acceptors (Lipinski definition) is 5. The molecule has 0 saturated heterocycles. The van der Waals surface area contributed by atoms with Crippen LogP contribution >= 0.6 is 12.2 Å². The summed E-state index contributed by atoms with van der Waals surface area (Å²) < 4.78 is 0. The molecule has 1 aromatic heterocycles. The minimum atomic E-state index is -0.340. The van der Waals surface area contributed by atoms with Crippen LogP contribution in [0.1, 0.15) is 27.8 Å². The lowest BCUT2D eigenvalue weighted by Gasteiger charge is -2.29. The maximum atomic E-state index is 12.8. The molecule has 4 N–H and O–H groups in total. The molecule has 0 spiro atoms. The number of anilines is 3. The maximum absolute atomic E-state index is 12.8. The van der Waals surface area contributed by atoms with Crippen molar-refractivity contribution >= 4 is 34.7 Å². The molecular weight excluding hydrogens is 382 g/mol. The third kappa shape index (κ3) is 4.00. The van der Waals surface area contributed by atoms with Gasteiger partial charge in [0.1, 0.15) is 16.4 Å². The van der Waals surface area contributed by atoms with Gasteiger partial charge in [-0.05, 0) is 54.7 Å². The summed E-state index contributed by atoms with van der Waals surface area (Å²) >= 11 is 5.45. The Labute approximate surface area is 174 Å². The second kappa shape index (κ2) is 7.67. The fourth-order valence-corrected chi connectivity index (χ4v) is 4.08. The Morgan fingerprint density at radius 2 is 1.86 bits per heavy atom. The van der Waals surface area contributed by atoms with Crippen LogP contribution in [0.4, 0.5) is 17.5 Å². The van der Waals surface area contributed by atoms with Crippen LogP contribution in [-0.2, 0) is 13.0 Å². The van der Waals surface area contributed by atoms with E-state index in [4.69, 9.17) is 18.0 Å². The minimum absolute atomic E-state index is 0.129. The molecular formula is C22H23N5OS. The Hall–Kier alpha value is -3.19. The lowest BCUT2D eigenvalue weighted by atomic mass is 10.0. The summed E-state index contributed by atoms with van der Waals surface area (Å²) in [4.78, 5) is 22.4. The molecule has 4 rings (SSSR count). The Morgan fingerprint density at radius 1 is 1.17 bits per heavy atom. The highest BCUT2D eigenvalue weighted by Crippen LogP contribution is 2.22. The van der Waals surface area contributed by atoms with E-state index in [1.165, 1.54) is 11.1 Å². The molecule has 0 aliphatic carbocycles. The first-order chi connectivity index (χ1) is 13.9. The lowest BCUT2D eigenvalue weighted by Crippen LogP contribution is -2.35. The first-order valence-electron chi connectivity index (χ1n) is 9.52. The van der Waals surface area contributed by atoms with E-state index in [9.17, 15) is 4.79 Å². The van der Waals surface area contributed by atoms with E-state index >= 15 is 0 Å². The topological polar surface area (TPSA) is 87.0 Å². The number of benzene rings is 2. The second-order valence-electron chi connectivity index (χ2n) is 7.42. The number of aromatic nitrogens is 2. The van der Waals surface area contributed by atoms with Gasteiger partial charge in [0.25, 0.3) is 5.56 Å². The van der Waals surface area contributed by atoms with E-state index in [1.807, 2.05) is 43.0 Å².